The second kappa shape index (κ2) is 5.88. The molecule has 0 spiro atoms. The van der Waals surface area contributed by atoms with Crippen LogP contribution in [0.25, 0.3) is 0 Å². The highest BCUT2D eigenvalue weighted by molar-refractivity contribution is 5.93. The van der Waals surface area contributed by atoms with Crippen LogP contribution in [0.4, 0.5) is 0 Å². The van der Waals surface area contributed by atoms with Gasteiger partial charge >= 0.3 is 5.97 Å². The van der Waals surface area contributed by atoms with Crippen LogP contribution in [0.2, 0.25) is 0 Å². The summed E-state index contributed by atoms with van der Waals surface area (Å²) in [6.07, 6.45) is 1.88. The number of hydrogen-bond donors (Lipinski definition) is 1. The fourth-order valence-electron chi connectivity index (χ4n) is 2.19. The maximum absolute atomic E-state index is 12.4. The van der Waals surface area contributed by atoms with Gasteiger partial charge in [0, 0.05) is 19.3 Å². The van der Waals surface area contributed by atoms with E-state index in [-0.39, 0.29) is 19.1 Å². The van der Waals surface area contributed by atoms with E-state index in [2.05, 4.69) is 0 Å². The predicted molar refractivity (Wildman–Crippen MR) is 68.0 cm³/mol. The van der Waals surface area contributed by atoms with Crippen molar-refractivity contribution in [3.05, 3.63) is 24.0 Å². The summed E-state index contributed by atoms with van der Waals surface area (Å²) in [5.41, 5.74) is 0.605. The van der Waals surface area contributed by atoms with Crippen LogP contribution < -0.4 is 0 Å². The van der Waals surface area contributed by atoms with Gasteiger partial charge in [-0.25, -0.2) is 4.79 Å². The average molecular weight is 266 g/mol. The molecule has 6 nitrogen and oxygen atoms in total. The van der Waals surface area contributed by atoms with E-state index >= 15 is 0 Å². The maximum atomic E-state index is 12.4. The first-order chi connectivity index (χ1) is 9.13. The van der Waals surface area contributed by atoms with Crippen molar-refractivity contribution in [2.75, 3.05) is 19.7 Å². The van der Waals surface area contributed by atoms with Gasteiger partial charge in [0.05, 0.1) is 13.2 Å². The molecule has 0 aromatic carbocycles. The minimum atomic E-state index is -1.03. The Labute approximate surface area is 111 Å². The van der Waals surface area contributed by atoms with Gasteiger partial charge in [-0.05, 0) is 18.6 Å². The fraction of sp³-hybridized carbons (Fsp3) is 0.538. The van der Waals surface area contributed by atoms with Crippen LogP contribution in [-0.2, 0) is 16.1 Å². The first kappa shape index (κ1) is 13.6. The molecule has 0 saturated carbocycles. The molecule has 1 unspecified atom stereocenters. The van der Waals surface area contributed by atoms with Crippen molar-refractivity contribution in [3.8, 4) is 0 Å². The Kier molecular flexibility index (Phi) is 4.21. The summed E-state index contributed by atoms with van der Waals surface area (Å²) in [6.45, 7) is 3.62. The van der Waals surface area contributed by atoms with E-state index in [0.717, 1.165) is 13.0 Å². The molecule has 6 heteroatoms. The van der Waals surface area contributed by atoms with Crippen LogP contribution in [0.15, 0.2) is 18.3 Å². The molecule has 2 heterocycles. The van der Waals surface area contributed by atoms with Crippen molar-refractivity contribution in [3.63, 3.8) is 0 Å². The predicted octanol–water partition coefficient (Wildman–Crippen LogP) is 0.824. The lowest BCUT2D eigenvalue weighted by Crippen LogP contribution is -2.48. The summed E-state index contributed by atoms with van der Waals surface area (Å²) >= 11 is 0. The highest BCUT2D eigenvalue weighted by Gasteiger charge is 2.30. The Morgan fingerprint density at radius 2 is 2.32 bits per heavy atom. The summed E-state index contributed by atoms with van der Waals surface area (Å²) in [6, 6.07) is 3.60. The molecular weight excluding hydrogens is 248 g/mol. The fourth-order valence-corrected chi connectivity index (χ4v) is 2.19. The molecular formula is C13H18N2O4. The Morgan fingerprint density at radius 1 is 1.53 bits per heavy atom. The van der Waals surface area contributed by atoms with Crippen LogP contribution in [0, 0.1) is 0 Å². The second-order valence-electron chi connectivity index (χ2n) is 4.54. The molecule has 1 atom stereocenters. The van der Waals surface area contributed by atoms with Gasteiger partial charge in [-0.15, -0.1) is 0 Å². The van der Waals surface area contributed by atoms with Gasteiger partial charge in [0.25, 0.3) is 5.91 Å². The van der Waals surface area contributed by atoms with Crippen molar-refractivity contribution in [1.82, 2.24) is 9.47 Å². The number of aliphatic carboxylic acids is 1. The highest BCUT2D eigenvalue weighted by Crippen LogP contribution is 2.12. The Morgan fingerprint density at radius 3 is 3.00 bits per heavy atom. The molecule has 1 saturated heterocycles. The Bertz CT molecular complexity index is 469. The number of carbonyl (C=O) groups is 2. The molecule has 1 aromatic heterocycles. The normalized spacial score (nSPS) is 19.4. The first-order valence-electron chi connectivity index (χ1n) is 6.42. The minimum Gasteiger partial charge on any atom is -0.479 e. The van der Waals surface area contributed by atoms with Crippen LogP contribution in [-0.4, -0.2) is 52.3 Å². The van der Waals surface area contributed by atoms with E-state index in [9.17, 15) is 9.59 Å². The zero-order valence-corrected chi connectivity index (χ0v) is 10.9. The van der Waals surface area contributed by atoms with Gasteiger partial charge in [0.15, 0.2) is 6.10 Å². The zero-order chi connectivity index (χ0) is 13.8. The monoisotopic (exact) mass is 266 g/mol. The number of aryl methyl sites for hydroxylation is 1. The number of ether oxygens (including phenoxy) is 1. The largest absolute Gasteiger partial charge is 0.479 e. The van der Waals surface area contributed by atoms with Crippen molar-refractivity contribution in [1.29, 1.82) is 0 Å². The Balaban J connectivity index is 2.10. The number of carboxylic acids is 1. The van der Waals surface area contributed by atoms with Gasteiger partial charge in [0.1, 0.15) is 5.69 Å². The quantitative estimate of drug-likeness (QED) is 0.876. The van der Waals surface area contributed by atoms with Crippen LogP contribution in [0.3, 0.4) is 0 Å². The van der Waals surface area contributed by atoms with Crippen LogP contribution in [0.5, 0.6) is 0 Å². The summed E-state index contributed by atoms with van der Waals surface area (Å²) in [7, 11) is 0. The smallest absolute Gasteiger partial charge is 0.334 e. The lowest BCUT2D eigenvalue weighted by atomic mass is 10.2. The van der Waals surface area contributed by atoms with E-state index < -0.39 is 12.1 Å². The number of carboxylic acid groups (broad SMARTS) is 1. The molecule has 104 valence electrons. The van der Waals surface area contributed by atoms with Crippen molar-refractivity contribution < 1.29 is 19.4 Å². The van der Waals surface area contributed by atoms with E-state index in [4.69, 9.17) is 9.84 Å². The van der Waals surface area contributed by atoms with Gasteiger partial charge in [-0.3, -0.25) is 4.79 Å². The molecule has 2 rings (SSSR count). The van der Waals surface area contributed by atoms with Crippen LogP contribution in [0.1, 0.15) is 23.8 Å². The van der Waals surface area contributed by atoms with Gasteiger partial charge in [0.2, 0.25) is 0 Å². The van der Waals surface area contributed by atoms with E-state index in [1.165, 1.54) is 0 Å². The number of carbonyl (C=O) groups excluding carboxylic acids is 1. The number of hydrogen-bond acceptors (Lipinski definition) is 3. The van der Waals surface area contributed by atoms with E-state index in [0.29, 0.717) is 12.2 Å². The van der Waals surface area contributed by atoms with Gasteiger partial charge in [-0.1, -0.05) is 6.92 Å². The summed E-state index contributed by atoms with van der Waals surface area (Å²) in [4.78, 5) is 24.8. The topological polar surface area (TPSA) is 71.8 Å². The molecule has 1 amide bonds. The van der Waals surface area contributed by atoms with Gasteiger partial charge in [-0.2, -0.15) is 0 Å². The third-order valence-corrected chi connectivity index (χ3v) is 3.14. The molecule has 0 radical (unpaired) electrons. The molecule has 0 aliphatic carbocycles. The SMILES string of the molecule is CCCn1cccc1C(=O)N1CCOC(C(=O)O)C1. The molecule has 1 aliphatic rings. The molecule has 1 aliphatic heterocycles. The van der Waals surface area contributed by atoms with E-state index in [1.54, 1.807) is 11.0 Å². The highest BCUT2D eigenvalue weighted by atomic mass is 16.5. The van der Waals surface area contributed by atoms with Crippen LogP contribution >= 0.6 is 0 Å². The standard InChI is InChI=1S/C13H18N2O4/c1-2-5-14-6-3-4-10(14)12(16)15-7-8-19-11(9-15)13(17)18/h3-4,6,11H,2,5,7-9H2,1H3,(H,17,18). The van der Waals surface area contributed by atoms with E-state index in [1.807, 2.05) is 23.8 Å². The van der Waals surface area contributed by atoms with Crippen molar-refractivity contribution >= 4 is 11.9 Å². The third-order valence-electron chi connectivity index (χ3n) is 3.14. The second-order valence-corrected chi connectivity index (χ2v) is 4.54. The Hall–Kier alpha value is -1.82. The first-order valence-corrected chi connectivity index (χ1v) is 6.42. The average Bonchev–Trinajstić information content (AvgIpc) is 2.86. The summed E-state index contributed by atoms with van der Waals surface area (Å²) in [5.74, 6) is -1.16. The molecule has 1 aromatic rings. The summed E-state index contributed by atoms with van der Waals surface area (Å²) < 4.78 is 7.01. The van der Waals surface area contributed by atoms with Crippen molar-refractivity contribution in [2.45, 2.75) is 26.0 Å². The number of morpholine rings is 1. The molecule has 1 fully saturated rings. The van der Waals surface area contributed by atoms with Gasteiger partial charge < -0.3 is 19.3 Å². The number of nitrogens with zero attached hydrogens (tertiary/aromatic N) is 2. The molecule has 0 bridgehead atoms. The number of rotatable bonds is 4. The third kappa shape index (κ3) is 2.96. The molecule has 1 N–H and O–H groups in total. The molecule has 19 heavy (non-hydrogen) atoms. The lowest BCUT2D eigenvalue weighted by Gasteiger charge is -2.31. The zero-order valence-electron chi connectivity index (χ0n) is 10.9. The lowest BCUT2D eigenvalue weighted by molar-refractivity contribution is -0.154. The minimum absolute atomic E-state index is 0.103. The van der Waals surface area contributed by atoms with Crippen molar-refractivity contribution in [2.24, 2.45) is 0 Å². The maximum Gasteiger partial charge on any atom is 0.334 e. The summed E-state index contributed by atoms with van der Waals surface area (Å²) in [5, 5.41) is 8.94. The number of amides is 1. The number of aromatic nitrogens is 1.